The Morgan fingerprint density at radius 3 is 2.52 bits per heavy atom. The lowest BCUT2D eigenvalue weighted by atomic mass is 10.0. The summed E-state index contributed by atoms with van der Waals surface area (Å²) in [5.74, 6) is -0.891. The largest absolute Gasteiger partial charge is 0.481 e. The van der Waals surface area contributed by atoms with Crippen molar-refractivity contribution in [3.8, 4) is 0 Å². The number of urea groups is 1. The summed E-state index contributed by atoms with van der Waals surface area (Å²) in [5, 5.41) is 14.3. The maximum atomic E-state index is 11.7. The monoisotopic (exact) mass is 294 g/mol. The highest BCUT2D eigenvalue weighted by molar-refractivity contribution is 5.74. The third-order valence-corrected chi connectivity index (χ3v) is 2.90. The number of rotatable bonds is 8. The number of aliphatic carboxylic acids is 1. The lowest BCUT2D eigenvalue weighted by Gasteiger charge is -2.14. The smallest absolute Gasteiger partial charge is 0.315 e. The molecule has 0 radical (unpaired) electrons. The van der Waals surface area contributed by atoms with Crippen LogP contribution in [0.25, 0.3) is 0 Å². The summed E-state index contributed by atoms with van der Waals surface area (Å²) in [4.78, 5) is 22.4. The number of carboxylic acid groups (broad SMARTS) is 1. The van der Waals surface area contributed by atoms with Crippen LogP contribution in [0.3, 0.4) is 0 Å². The third kappa shape index (κ3) is 6.76. The Kier molecular flexibility index (Phi) is 7.25. The van der Waals surface area contributed by atoms with Crippen LogP contribution in [-0.2, 0) is 22.5 Å². The average molecular weight is 294 g/mol. The Morgan fingerprint density at radius 2 is 1.90 bits per heavy atom. The molecule has 0 fully saturated rings. The quantitative estimate of drug-likeness (QED) is 0.678. The first-order valence-corrected chi connectivity index (χ1v) is 6.94. The van der Waals surface area contributed by atoms with E-state index in [-0.39, 0.29) is 25.1 Å². The molecule has 0 heterocycles. The fourth-order valence-electron chi connectivity index (χ4n) is 1.88. The summed E-state index contributed by atoms with van der Waals surface area (Å²) >= 11 is 0. The Bertz CT molecular complexity index is 476. The minimum atomic E-state index is -0.891. The molecule has 0 aliphatic rings. The van der Waals surface area contributed by atoms with E-state index in [0.717, 1.165) is 5.56 Å². The number of carbonyl (C=O) groups excluding carboxylic acids is 1. The molecule has 1 aromatic carbocycles. The van der Waals surface area contributed by atoms with Crippen LogP contribution in [0.15, 0.2) is 24.3 Å². The van der Waals surface area contributed by atoms with Crippen LogP contribution in [0.5, 0.6) is 0 Å². The molecule has 0 saturated carbocycles. The Morgan fingerprint density at radius 1 is 1.24 bits per heavy atom. The number of amides is 2. The van der Waals surface area contributed by atoms with Gasteiger partial charge in [0, 0.05) is 19.7 Å². The highest BCUT2D eigenvalue weighted by atomic mass is 16.5. The van der Waals surface area contributed by atoms with Gasteiger partial charge in [-0.15, -0.1) is 0 Å². The van der Waals surface area contributed by atoms with Gasteiger partial charge in [0.25, 0.3) is 0 Å². The van der Waals surface area contributed by atoms with Crippen molar-refractivity contribution in [1.82, 2.24) is 10.6 Å². The number of ether oxygens (including phenoxy) is 1. The molecular formula is C15H22N2O4. The van der Waals surface area contributed by atoms with E-state index in [0.29, 0.717) is 18.7 Å². The fraction of sp³-hybridized carbons (Fsp3) is 0.467. The van der Waals surface area contributed by atoms with E-state index in [2.05, 4.69) is 10.6 Å². The summed E-state index contributed by atoms with van der Waals surface area (Å²) in [5.41, 5.74) is 1.50. The second kappa shape index (κ2) is 8.97. The molecule has 0 saturated heterocycles. The van der Waals surface area contributed by atoms with Crippen LogP contribution in [-0.4, -0.2) is 36.4 Å². The van der Waals surface area contributed by atoms with E-state index >= 15 is 0 Å². The summed E-state index contributed by atoms with van der Waals surface area (Å²) in [6.07, 6.45) is -0.0963. The number of benzene rings is 1. The van der Waals surface area contributed by atoms with Gasteiger partial charge in [-0.2, -0.15) is 0 Å². The van der Waals surface area contributed by atoms with Crippen molar-refractivity contribution in [2.24, 2.45) is 0 Å². The summed E-state index contributed by atoms with van der Waals surface area (Å²) < 4.78 is 5.31. The molecule has 116 valence electrons. The molecule has 1 unspecified atom stereocenters. The minimum Gasteiger partial charge on any atom is -0.481 e. The van der Waals surface area contributed by atoms with E-state index in [1.54, 1.807) is 18.2 Å². The number of hydrogen-bond donors (Lipinski definition) is 3. The number of carboxylic acids is 1. The molecule has 0 aliphatic carbocycles. The molecule has 0 bridgehead atoms. The molecule has 3 N–H and O–H groups in total. The predicted octanol–water partition coefficient (Wildman–Crippen LogP) is 1.54. The van der Waals surface area contributed by atoms with Crippen molar-refractivity contribution in [1.29, 1.82) is 0 Å². The van der Waals surface area contributed by atoms with Gasteiger partial charge in [-0.05, 0) is 25.0 Å². The normalized spacial score (nSPS) is 11.7. The van der Waals surface area contributed by atoms with Crippen molar-refractivity contribution in [2.75, 3.05) is 13.2 Å². The SMILES string of the molecule is CCOC(C)CNC(=O)NCc1ccccc1CC(=O)O. The molecule has 6 heteroatoms. The van der Waals surface area contributed by atoms with Crippen LogP contribution >= 0.6 is 0 Å². The molecule has 1 rings (SSSR count). The zero-order valence-corrected chi connectivity index (χ0v) is 12.4. The van der Waals surface area contributed by atoms with Gasteiger partial charge in [0.15, 0.2) is 0 Å². The van der Waals surface area contributed by atoms with Gasteiger partial charge < -0.3 is 20.5 Å². The van der Waals surface area contributed by atoms with Gasteiger partial charge in [0.05, 0.1) is 12.5 Å². The number of carbonyl (C=O) groups is 2. The first kappa shape index (κ1) is 17.0. The number of hydrogen-bond acceptors (Lipinski definition) is 3. The van der Waals surface area contributed by atoms with Crippen LogP contribution in [0.2, 0.25) is 0 Å². The first-order valence-electron chi connectivity index (χ1n) is 6.94. The van der Waals surface area contributed by atoms with E-state index in [1.807, 2.05) is 19.9 Å². The van der Waals surface area contributed by atoms with Crippen LogP contribution < -0.4 is 10.6 Å². The lowest BCUT2D eigenvalue weighted by Crippen LogP contribution is -2.39. The predicted molar refractivity (Wildman–Crippen MR) is 79.1 cm³/mol. The highest BCUT2D eigenvalue weighted by Gasteiger charge is 2.08. The van der Waals surface area contributed by atoms with Gasteiger partial charge in [0.2, 0.25) is 0 Å². The van der Waals surface area contributed by atoms with Crippen LogP contribution in [0.1, 0.15) is 25.0 Å². The fourth-order valence-corrected chi connectivity index (χ4v) is 1.88. The minimum absolute atomic E-state index is 0.0416. The van der Waals surface area contributed by atoms with Gasteiger partial charge in [-0.3, -0.25) is 4.79 Å². The molecule has 6 nitrogen and oxygen atoms in total. The van der Waals surface area contributed by atoms with Crippen molar-refractivity contribution in [3.05, 3.63) is 35.4 Å². The van der Waals surface area contributed by atoms with Crippen molar-refractivity contribution >= 4 is 12.0 Å². The molecule has 0 aromatic heterocycles. The summed E-state index contributed by atoms with van der Waals surface area (Å²) in [6.45, 7) is 5.10. The standard InChI is InChI=1S/C15H22N2O4/c1-3-21-11(2)9-16-15(20)17-10-13-7-5-4-6-12(13)8-14(18)19/h4-7,11H,3,8-10H2,1-2H3,(H,18,19)(H2,16,17,20). The highest BCUT2D eigenvalue weighted by Crippen LogP contribution is 2.09. The zero-order valence-electron chi connectivity index (χ0n) is 12.4. The Hall–Kier alpha value is -2.08. The van der Waals surface area contributed by atoms with Gasteiger partial charge in [-0.1, -0.05) is 24.3 Å². The molecule has 0 aliphatic heterocycles. The second-order valence-electron chi connectivity index (χ2n) is 4.67. The van der Waals surface area contributed by atoms with Crippen molar-refractivity contribution in [3.63, 3.8) is 0 Å². The van der Waals surface area contributed by atoms with Crippen molar-refractivity contribution < 1.29 is 19.4 Å². The first-order chi connectivity index (χ1) is 10.0. The van der Waals surface area contributed by atoms with Gasteiger partial charge in [0.1, 0.15) is 0 Å². The number of nitrogens with one attached hydrogen (secondary N) is 2. The van der Waals surface area contributed by atoms with Gasteiger partial charge >= 0.3 is 12.0 Å². The van der Waals surface area contributed by atoms with E-state index < -0.39 is 5.97 Å². The Balaban J connectivity index is 2.44. The topological polar surface area (TPSA) is 87.7 Å². The molecule has 0 spiro atoms. The lowest BCUT2D eigenvalue weighted by molar-refractivity contribution is -0.136. The maximum absolute atomic E-state index is 11.7. The van der Waals surface area contributed by atoms with E-state index in [1.165, 1.54) is 0 Å². The zero-order chi connectivity index (χ0) is 15.7. The third-order valence-electron chi connectivity index (χ3n) is 2.90. The summed E-state index contributed by atoms with van der Waals surface area (Å²) in [6, 6.07) is 6.86. The molecule has 2 amide bonds. The molecule has 21 heavy (non-hydrogen) atoms. The van der Waals surface area contributed by atoms with Gasteiger partial charge in [-0.25, -0.2) is 4.79 Å². The van der Waals surface area contributed by atoms with Crippen molar-refractivity contribution in [2.45, 2.75) is 32.9 Å². The Labute approximate surface area is 124 Å². The maximum Gasteiger partial charge on any atom is 0.315 e. The molecule has 1 aromatic rings. The van der Waals surface area contributed by atoms with Crippen LogP contribution in [0.4, 0.5) is 4.79 Å². The molecule has 1 atom stereocenters. The van der Waals surface area contributed by atoms with Crippen LogP contribution in [0, 0.1) is 0 Å². The second-order valence-corrected chi connectivity index (χ2v) is 4.67. The van der Waals surface area contributed by atoms with E-state index in [9.17, 15) is 9.59 Å². The molecular weight excluding hydrogens is 272 g/mol. The average Bonchev–Trinajstić information content (AvgIpc) is 2.44. The summed E-state index contributed by atoms with van der Waals surface area (Å²) in [7, 11) is 0. The van der Waals surface area contributed by atoms with E-state index in [4.69, 9.17) is 9.84 Å².